The van der Waals surface area contributed by atoms with Crippen molar-refractivity contribution < 1.29 is 14.6 Å². The molecular formula is C17H18N2O3. The van der Waals surface area contributed by atoms with Crippen molar-refractivity contribution in [3.63, 3.8) is 0 Å². The topological polar surface area (TPSA) is 70.9 Å². The molecule has 5 heteroatoms. The van der Waals surface area contributed by atoms with Gasteiger partial charge >= 0.3 is 0 Å². The van der Waals surface area contributed by atoms with Crippen LogP contribution < -0.4 is 10.2 Å². The van der Waals surface area contributed by atoms with Crippen LogP contribution in [0.15, 0.2) is 53.6 Å². The fourth-order valence-corrected chi connectivity index (χ4v) is 1.77. The quantitative estimate of drug-likeness (QED) is 0.658. The highest BCUT2D eigenvalue weighted by molar-refractivity contribution is 5.84. The first-order chi connectivity index (χ1) is 10.5. The number of ether oxygens (including phenoxy) is 1. The molecule has 0 saturated carbocycles. The fourth-order valence-electron chi connectivity index (χ4n) is 1.77. The lowest BCUT2D eigenvalue weighted by Gasteiger charge is -2.13. The number of hydrazone groups is 1. The van der Waals surface area contributed by atoms with Crippen LogP contribution in [0.3, 0.4) is 0 Å². The van der Waals surface area contributed by atoms with Gasteiger partial charge in [-0.3, -0.25) is 4.79 Å². The largest absolute Gasteiger partial charge is 0.508 e. The van der Waals surface area contributed by atoms with Gasteiger partial charge in [-0.05, 0) is 61.4 Å². The molecule has 22 heavy (non-hydrogen) atoms. The molecule has 0 heterocycles. The molecule has 2 N–H and O–H groups in total. The van der Waals surface area contributed by atoms with E-state index in [1.807, 2.05) is 25.1 Å². The molecule has 1 atom stereocenters. The van der Waals surface area contributed by atoms with Crippen LogP contribution in [0.5, 0.6) is 11.5 Å². The van der Waals surface area contributed by atoms with Gasteiger partial charge in [0.1, 0.15) is 11.5 Å². The minimum atomic E-state index is -0.654. The van der Waals surface area contributed by atoms with E-state index >= 15 is 0 Å². The average Bonchev–Trinajstić information content (AvgIpc) is 2.49. The highest BCUT2D eigenvalue weighted by Gasteiger charge is 2.13. The third-order valence-corrected chi connectivity index (χ3v) is 2.95. The second-order valence-corrected chi connectivity index (χ2v) is 4.90. The molecule has 1 amide bonds. The minimum Gasteiger partial charge on any atom is -0.508 e. The molecule has 0 fully saturated rings. The van der Waals surface area contributed by atoms with Crippen LogP contribution in [0.4, 0.5) is 0 Å². The third kappa shape index (κ3) is 4.63. The smallest absolute Gasteiger partial charge is 0.280 e. The number of amides is 1. The molecular weight excluding hydrogens is 280 g/mol. The number of phenols is 1. The van der Waals surface area contributed by atoms with Crippen LogP contribution in [-0.2, 0) is 4.79 Å². The van der Waals surface area contributed by atoms with Crippen molar-refractivity contribution in [2.75, 3.05) is 0 Å². The van der Waals surface area contributed by atoms with E-state index in [0.717, 1.165) is 11.1 Å². The average molecular weight is 298 g/mol. The van der Waals surface area contributed by atoms with Gasteiger partial charge in [0.25, 0.3) is 5.91 Å². The summed E-state index contributed by atoms with van der Waals surface area (Å²) < 4.78 is 5.56. The summed E-state index contributed by atoms with van der Waals surface area (Å²) in [6.45, 7) is 3.62. The Balaban J connectivity index is 1.87. The monoisotopic (exact) mass is 298 g/mol. The van der Waals surface area contributed by atoms with Crippen molar-refractivity contribution in [1.82, 2.24) is 5.43 Å². The second kappa shape index (κ2) is 7.26. The summed E-state index contributed by atoms with van der Waals surface area (Å²) in [7, 11) is 0. The Kier molecular flexibility index (Phi) is 5.14. The molecule has 0 radical (unpaired) electrons. The summed E-state index contributed by atoms with van der Waals surface area (Å²) in [5.74, 6) is 0.489. The number of nitrogens with one attached hydrogen (secondary N) is 1. The van der Waals surface area contributed by atoms with E-state index in [1.54, 1.807) is 37.3 Å². The first kappa shape index (κ1) is 15.6. The van der Waals surface area contributed by atoms with Crippen molar-refractivity contribution in [2.24, 2.45) is 5.10 Å². The Morgan fingerprint density at radius 3 is 2.68 bits per heavy atom. The summed E-state index contributed by atoms with van der Waals surface area (Å²) in [6.07, 6.45) is 0.843. The lowest BCUT2D eigenvalue weighted by atomic mass is 10.2. The zero-order chi connectivity index (χ0) is 15.9. The number of aromatic hydroxyl groups is 1. The standard InChI is InChI=1S/C17H18N2O3/c1-12-4-3-5-16(10-12)22-13(2)17(21)19-18-11-14-6-8-15(20)9-7-14/h3-11,13,20H,1-2H3,(H,19,21)/b18-11+. The van der Waals surface area contributed by atoms with E-state index in [4.69, 9.17) is 4.74 Å². The molecule has 0 aromatic heterocycles. The molecule has 0 saturated heterocycles. The predicted molar refractivity (Wildman–Crippen MR) is 85.1 cm³/mol. The van der Waals surface area contributed by atoms with Gasteiger partial charge in [0.15, 0.2) is 6.10 Å². The van der Waals surface area contributed by atoms with Crippen LogP contribution in [0.25, 0.3) is 0 Å². The second-order valence-electron chi connectivity index (χ2n) is 4.90. The van der Waals surface area contributed by atoms with Crippen molar-refractivity contribution in [2.45, 2.75) is 20.0 Å². The molecule has 0 bridgehead atoms. The number of aryl methyl sites for hydroxylation is 1. The van der Waals surface area contributed by atoms with E-state index in [1.165, 1.54) is 6.21 Å². The van der Waals surface area contributed by atoms with Gasteiger partial charge in [-0.2, -0.15) is 5.10 Å². The fraction of sp³-hybridized carbons (Fsp3) is 0.176. The van der Waals surface area contributed by atoms with Crippen molar-refractivity contribution >= 4 is 12.1 Å². The van der Waals surface area contributed by atoms with Crippen LogP contribution >= 0.6 is 0 Å². The highest BCUT2D eigenvalue weighted by atomic mass is 16.5. The summed E-state index contributed by atoms with van der Waals surface area (Å²) in [5, 5.41) is 13.0. The zero-order valence-electron chi connectivity index (χ0n) is 12.5. The van der Waals surface area contributed by atoms with E-state index in [-0.39, 0.29) is 11.7 Å². The first-order valence-electron chi connectivity index (χ1n) is 6.90. The van der Waals surface area contributed by atoms with Crippen LogP contribution in [0, 0.1) is 6.92 Å². The summed E-state index contributed by atoms with van der Waals surface area (Å²) in [5.41, 5.74) is 4.26. The molecule has 0 aliphatic rings. The van der Waals surface area contributed by atoms with E-state index < -0.39 is 6.10 Å². The predicted octanol–water partition coefficient (Wildman–Crippen LogP) is 2.62. The molecule has 1 unspecified atom stereocenters. The molecule has 2 rings (SSSR count). The number of hydrogen-bond donors (Lipinski definition) is 2. The number of phenolic OH excluding ortho intramolecular Hbond substituents is 1. The maximum absolute atomic E-state index is 11.9. The summed E-state index contributed by atoms with van der Waals surface area (Å²) in [6, 6.07) is 14.0. The Bertz CT molecular complexity index is 666. The van der Waals surface area contributed by atoms with Gasteiger partial charge in [0.2, 0.25) is 0 Å². The number of nitrogens with zero attached hydrogens (tertiary/aromatic N) is 1. The molecule has 0 spiro atoms. The number of rotatable bonds is 5. The molecule has 2 aromatic rings. The van der Waals surface area contributed by atoms with Crippen LogP contribution in [-0.4, -0.2) is 23.3 Å². The van der Waals surface area contributed by atoms with Gasteiger partial charge < -0.3 is 9.84 Å². The van der Waals surface area contributed by atoms with Gasteiger partial charge in [0, 0.05) is 0 Å². The van der Waals surface area contributed by atoms with Crippen molar-refractivity contribution in [1.29, 1.82) is 0 Å². The molecule has 0 aliphatic carbocycles. The number of benzene rings is 2. The van der Waals surface area contributed by atoms with Gasteiger partial charge in [-0.15, -0.1) is 0 Å². The highest BCUT2D eigenvalue weighted by Crippen LogP contribution is 2.14. The number of hydrogen-bond acceptors (Lipinski definition) is 4. The van der Waals surface area contributed by atoms with Crippen molar-refractivity contribution in [3.8, 4) is 11.5 Å². The normalized spacial score (nSPS) is 12.1. The Hall–Kier alpha value is -2.82. The van der Waals surface area contributed by atoms with Gasteiger partial charge in [0.05, 0.1) is 6.21 Å². The molecule has 114 valence electrons. The van der Waals surface area contributed by atoms with Crippen molar-refractivity contribution in [3.05, 3.63) is 59.7 Å². The van der Waals surface area contributed by atoms with Crippen LogP contribution in [0.2, 0.25) is 0 Å². The first-order valence-corrected chi connectivity index (χ1v) is 6.90. The zero-order valence-corrected chi connectivity index (χ0v) is 12.5. The molecule has 5 nitrogen and oxygen atoms in total. The SMILES string of the molecule is Cc1cccc(OC(C)C(=O)N/N=C/c2ccc(O)cc2)c1. The van der Waals surface area contributed by atoms with E-state index in [9.17, 15) is 9.90 Å². The maximum atomic E-state index is 11.9. The Morgan fingerprint density at radius 1 is 1.27 bits per heavy atom. The summed E-state index contributed by atoms with van der Waals surface area (Å²) in [4.78, 5) is 11.9. The summed E-state index contributed by atoms with van der Waals surface area (Å²) >= 11 is 0. The number of carbonyl (C=O) groups excluding carboxylic acids is 1. The third-order valence-electron chi connectivity index (χ3n) is 2.95. The van der Waals surface area contributed by atoms with E-state index in [0.29, 0.717) is 5.75 Å². The Labute approximate surface area is 129 Å². The van der Waals surface area contributed by atoms with E-state index in [2.05, 4.69) is 10.5 Å². The maximum Gasteiger partial charge on any atom is 0.280 e. The Morgan fingerprint density at radius 2 is 2.00 bits per heavy atom. The lowest BCUT2D eigenvalue weighted by Crippen LogP contribution is -2.33. The van der Waals surface area contributed by atoms with Gasteiger partial charge in [-0.25, -0.2) is 5.43 Å². The minimum absolute atomic E-state index is 0.182. The van der Waals surface area contributed by atoms with Crippen LogP contribution in [0.1, 0.15) is 18.1 Å². The number of carbonyl (C=O) groups is 1. The lowest BCUT2D eigenvalue weighted by molar-refractivity contribution is -0.127. The molecule has 0 aliphatic heterocycles. The van der Waals surface area contributed by atoms with Gasteiger partial charge in [-0.1, -0.05) is 12.1 Å². The molecule has 2 aromatic carbocycles.